The van der Waals surface area contributed by atoms with Crippen molar-refractivity contribution in [1.29, 1.82) is 0 Å². The molecule has 8 heteroatoms. The number of ether oxygens (including phenoxy) is 2. The lowest BCUT2D eigenvalue weighted by atomic mass is 9.80. The number of nitrogens with two attached hydrogens (primary N) is 2. The molecule has 0 aromatic heterocycles. The molecule has 6 N–H and O–H groups in total. The van der Waals surface area contributed by atoms with Gasteiger partial charge in [-0.15, -0.1) is 0 Å². The summed E-state index contributed by atoms with van der Waals surface area (Å²) >= 11 is 0. The topological polar surface area (TPSA) is 137 Å². The number of unbranched alkanes of at least 4 members (excludes halogenated alkanes) is 2. The summed E-state index contributed by atoms with van der Waals surface area (Å²) in [5, 5.41) is 13.9. The molecule has 0 saturated heterocycles. The molecule has 0 aliphatic heterocycles. The van der Waals surface area contributed by atoms with Crippen molar-refractivity contribution in [3.8, 4) is 11.5 Å². The molecule has 1 aromatic carbocycles. The van der Waals surface area contributed by atoms with Crippen LogP contribution < -0.4 is 26.3 Å². The van der Waals surface area contributed by atoms with Crippen LogP contribution in [-0.4, -0.2) is 49.3 Å². The molecule has 0 radical (unpaired) electrons. The Morgan fingerprint density at radius 3 is 2.26 bits per heavy atom. The van der Waals surface area contributed by atoms with Crippen LogP contribution in [0, 0.1) is 29.1 Å². The molecule has 1 rings (SSSR count). The summed E-state index contributed by atoms with van der Waals surface area (Å²) in [5.41, 5.74) is 12.2. The van der Waals surface area contributed by atoms with Gasteiger partial charge >= 0.3 is 0 Å². The van der Waals surface area contributed by atoms with Crippen LogP contribution in [0.25, 0.3) is 0 Å². The van der Waals surface area contributed by atoms with Gasteiger partial charge in [-0.3, -0.25) is 9.59 Å². The summed E-state index contributed by atoms with van der Waals surface area (Å²) in [7, 11) is 1.65. The lowest BCUT2D eigenvalue weighted by Gasteiger charge is -2.30. The SMILES string of the molecule is CCCCCOc1cc(CC(CC(N)C(O)CC(C(=O)NCC(C)(C)C(N)=O)C(C)C)C(C)C)ccc1OC. The highest BCUT2D eigenvalue weighted by molar-refractivity contribution is 5.83. The fraction of sp³-hybridized carbons (Fsp3) is 0.742. The van der Waals surface area contributed by atoms with Crippen LogP contribution in [0.15, 0.2) is 18.2 Å². The number of carbonyl (C=O) groups is 2. The number of methoxy groups -OCH3 is 1. The highest BCUT2D eigenvalue weighted by Crippen LogP contribution is 2.32. The van der Waals surface area contributed by atoms with Crippen LogP contribution in [-0.2, 0) is 16.0 Å². The maximum atomic E-state index is 12.9. The second kappa shape index (κ2) is 16.7. The highest BCUT2D eigenvalue weighted by Gasteiger charge is 2.32. The number of carbonyl (C=O) groups excluding carboxylic acids is 2. The van der Waals surface area contributed by atoms with E-state index in [-0.39, 0.29) is 30.7 Å². The molecular weight excluding hydrogens is 494 g/mol. The monoisotopic (exact) mass is 549 g/mol. The maximum absolute atomic E-state index is 12.9. The van der Waals surface area contributed by atoms with E-state index >= 15 is 0 Å². The molecule has 4 unspecified atom stereocenters. The van der Waals surface area contributed by atoms with Gasteiger partial charge in [-0.2, -0.15) is 0 Å². The van der Waals surface area contributed by atoms with E-state index in [1.54, 1.807) is 21.0 Å². The van der Waals surface area contributed by atoms with Crippen LogP contribution in [0.2, 0.25) is 0 Å². The number of hydrogen-bond donors (Lipinski definition) is 4. The Hall–Kier alpha value is -2.32. The third kappa shape index (κ3) is 11.8. The number of amides is 2. The average Bonchev–Trinajstić information content (AvgIpc) is 2.87. The molecule has 39 heavy (non-hydrogen) atoms. The summed E-state index contributed by atoms with van der Waals surface area (Å²) in [4.78, 5) is 24.6. The number of benzene rings is 1. The predicted octanol–water partition coefficient (Wildman–Crippen LogP) is 4.45. The van der Waals surface area contributed by atoms with Gasteiger partial charge in [0.1, 0.15) is 0 Å². The van der Waals surface area contributed by atoms with Gasteiger partial charge in [-0.05, 0) is 75.0 Å². The van der Waals surface area contributed by atoms with Gasteiger partial charge in [0, 0.05) is 18.5 Å². The Kier molecular flexibility index (Phi) is 14.9. The van der Waals surface area contributed by atoms with Crippen LogP contribution >= 0.6 is 0 Å². The predicted molar refractivity (Wildman–Crippen MR) is 158 cm³/mol. The zero-order chi connectivity index (χ0) is 29.8. The minimum absolute atomic E-state index is 0.000479. The van der Waals surface area contributed by atoms with Crippen molar-refractivity contribution >= 4 is 11.8 Å². The molecule has 2 amide bonds. The van der Waals surface area contributed by atoms with Gasteiger partial charge < -0.3 is 31.4 Å². The van der Waals surface area contributed by atoms with Gasteiger partial charge in [-0.25, -0.2) is 0 Å². The number of primary amides is 1. The molecule has 8 nitrogen and oxygen atoms in total. The first kappa shape index (κ1) is 34.7. The molecule has 0 aliphatic carbocycles. The minimum atomic E-state index is -0.849. The Balaban J connectivity index is 2.87. The third-order valence-electron chi connectivity index (χ3n) is 7.75. The first-order valence-electron chi connectivity index (χ1n) is 14.5. The Morgan fingerprint density at radius 1 is 1.05 bits per heavy atom. The Bertz CT molecular complexity index is 887. The molecule has 0 bridgehead atoms. The summed E-state index contributed by atoms with van der Waals surface area (Å²) in [6.45, 7) is 14.6. The number of nitrogens with one attached hydrogen (secondary N) is 1. The largest absolute Gasteiger partial charge is 0.493 e. The second-order valence-corrected chi connectivity index (χ2v) is 12.3. The number of rotatable bonds is 19. The quantitative estimate of drug-likeness (QED) is 0.188. The summed E-state index contributed by atoms with van der Waals surface area (Å²) < 4.78 is 11.5. The van der Waals surface area contributed by atoms with E-state index in [2.05, 4.69) is 38.2 Å². The van der Waals surface area contributed by atoms with Crippen molar-refractivity contribution in [3.63, 3.8) is 0 Å². The van der Waals surface area contributed by atoms with Crippen molar-refractivity contribution in [3.05, 3.63) is 23.8 Å². The molecule has 0 fully saturated rings. The Morgan fingerprint density at radius 2 is 1.72 bits per heavy atom. The summed E-state index contributed by atoms with van der Waals surface area (Å²) in [6.07, 6.45) is 4.11. The molecular formula is C31H55N3O5. The average molecular weight is 550 g/mol. The van der Waals surface area contributed by atoms with Gasteiger partial charge in [0.2, 0.25) is 11.8 Å². The second-order valence-electron chi connectivity index (χ2n) is 12.3. The van der Waals surface area contributed by atoms with Crippen LogP contribution in [0.5, 0.6) is 11.5 Å². The van der Waals surface area contributed by atoms with Crippen molar-refractivity contribution in [2.45, 2.75) is 99.1 Å². The van der Waals surface area contributed by atoms with E-state index in [1.807, 2.05) is 19.9 Å². The first-order chi connectivity index (χ1) is 18.2. The zero-order valence-corrected chi connectivity index (χ0v) is 25.6. The highest BCUT2D eigenvalue weighted by atomic mass is 16.5. The lowest BCUT2D eigenvalue weighted by Crippen LogP contribution is -2.46. The fourth-order valence-electron chi connectivity index (χ4n) is 4.54. The summed E-state index contributed by atoms with van der Waals surface area (Å²) in [5.74, 6) is 0.955. The molecule has 0 heterocycles. The van der Waals surface area contributed by atoms with E-state index in [0.29, 0.717) is 18.9 Å². The Labute approximate surface area is 236 Å². The van der Waals surface area contributed by atoms with E-state index in [1.165, 1.54) is 0 Å². The van der Waals surface area contributed by atoms with Gasteiger partial charge in [0.15, 0.2) is 11.5 Å². The molecule has 0 saturated carbocycles. The van der Waals surface area contributed by atoms with E-state index in [0.717, 1.165) is 42.7 Å². The van der Waals surface area contributed by atoms with E-state index in [4.69, 9.17) is 20.9 Å². The minimum Gasteiger partial charge on any atom is -0.493 e. The van der Waals surface area contributed by atoms with Crippen molar-refractivity contribution < 1.29 is 24.2 Å². The third-order valence-corrected chi connectivity index (χ3v) is 7.75. The molecule has 224 valence electrons. The van der Waals surface area contributed by atoms with Crippen LogP contribution in [0.3, 0.4) is 0 Å². The van der Waals surface area contributed by atoms with E-state index < -0.39 is 29.4 Å². The molecule has 4 atom stereocenters. The smallest absolute Gasteiger partial charge is 0.224 e. The van der Waals surface area contributed by atoms with Crippen molar-refractivity contribution in [2.24, 2.45) is 40.6 Å². The number of hydrogen-bond acceptors (Lipinski definition) is 6. The van der Waals surface area contributed by atoms with Gasteiger partial charge in [0.25, 0.3) is 0 Å². The number of aliphatic hydroxyl groups excluding tert-OH is 1. The zero-order valence-electron chi connectivity index (χ0n) is 25.6. The number of aliphatic hydroxyl groups is 1. The summed E-state index contributed by atoms with van der Waals surface area (Å²) in [6, 6.07) is 5.58. The van der Waals surface area contributed by atoms with Crippen molar-refractivity contribution in [1.82, 2.24) is 5.32 Å². The van der Waals surface area contributed by atoms with Crippen LogP contribution in [0.4, 0.5) is 0 Å². The molecule has 0 aliphatic rings. The van der Waals surface area contributed by atoms with E-state index in [9.17, 15) is 14.7 Å². The fourth-order valence-corrected chi connectivity index (χ4v) is 4.54. The van der Waals surface area contributed by atoms with Crippen LogP contribution in [0.1, 0.15) is 86.1 Å². The molecule has 0 spiro atoms. The van der Waals surface area contributed by atoms with Gasteiger partial charge in [0.05, 0.1) is 25.2 Å². The lowest BCUT2D eigenvalue weighted by molar-refractivity contribution is -0.130. The normalized spacial score (nSPS) is 15.1. The molecule has 1 aromatic rings. The first-order valence-corrected chi connectivity index (χ1v) is 14.5. The van der Waals surface area contributed by atoms with Gasteiger partial charge in [-0.1, -0.05) is 53.5 Å². The maximum Gasteiger partial charge on any atom is 0.224 e. The van der Waals surface area contributed by atoms with Crippen molar-refractivity contribution in [2.75, 3.05) is 20.3 Å². The standard InChI is InChI=1S/C31H55N3O5/c1-9-10-11-14-39-28-16-22(12-13-27(28)38-8)15-23(20(2)3)17-25(32)26(35)18-24(21(4)5)29(36)34-19-31(6,7)30(33)37/h12-13,16,20-21,23-26,35H,9-11,14-15,17-19,32H2,1-8H3,(H2,33,37)(H,34,36).